The Morgan fingerprint density at radius 3 is 2.00 bits per heavy atom. The molecule has 0 radical (unpaired) electrons. The molecule has 0 amide bonds. The summed E-state index contributed by atoms with van der Waals surface area (Å²) in [7, 11) is 4.50. The standard InChI is InChI=1S/C14H24N/c1-6-12(3)13-8-10-14(11-9-13)15(4,5)7-2/h8-12H,6-7H2,1-5H3/q+1. The first-order chi connectivity index (χ1) is 7.01. The maximum Gasteiger partial charge on any atom is 0.132 e. The van der Waals surface area contributed by atoms with Gasteiger partial charge in [0.2, 0.25) is 0 Å². The molecule has 0 heterocycles. The highest BCUT2D eigenvalue weighted by atomic mass is 15.3. The first-order valence-electron chi connectivity index (χ1n) is 5.94. The summed E-state index contributed by atoms with van der Waals surface area (Å²) in [6, 6.07) is 9.09. The molecule has 1 aromatic carbocycles. The highest BCUT2D eigenvalue weighted by molar-refractivity contribution is 5.43. The van der Waals surface area contributed by atoms with E-state index < -0.39 is 0 Å². The molecule has 0 aromatic heterocycles. The lowest BCUT2D eigenvalue weighted by Crippen LogP contribution is -2.39. The minimum absolute atomic E-state index is 0.677. The van der Waals surface area contributed by atoms with Crippen molar-refractivity contribution in [1.29, 1.82) is 0 Å². The van der Waals surface area contributed by atoms with Gasteiger partial charge in [0.1, 0.15) is 5.69 Å². The van der Waals surface area contributed by atoms with Gasteiger partial charge in [-0.05, 0) is 37.0 Å². The molecule has 0 aliphatic heterocycles. The molecule has 0 saturated heterocycles. The predicted molar refractivity (Wildman–Crippen MR) is 69.3 cm³/mol. The molecule has 1 rings (SSSR count). The third-order valence-electron chi connectivity index (χ3n) is 3.56. The van der Waals surface area contributed by atoms with Gasteiger partial charge in [0.05, 0.1) is 20.6 Å². The van der Waals surface area contributed by atoms with Crippen LogP contribution in [0.1, 0.15) is 38.7 Å². The third-order valence-corrected chi connectivity index (χ3v) is 3.56. The summed E-state index contributed by atoms with van der Waals surface area (Å²) in [6.45, 7) is 7.88. The monoisotopic (exact) mass is 206 g/mol. The summed E-state index contributed by atoms with van der Waals surface area (Å²) < 4.78 is 0.959. The molecule has 1 unspecified atom stereocenters. The Hall–Kier alpha value is -0.820. The molecule has 0 N–H and O–H groups in total. The molecule has 15 heavy (non-hydrogen) atoms. The highest BCUT2D eigenvalue weighted by Gasteiger charge is 2.15. The van der Waals surface area contributed by atoms with E-state index in [9.17, 15) is 0 Å². The number of quaternary nitrogens is 1. The maximum absolute atomic E-state index is 2.29. The fourth-order valence-electron chi connectivity index (χ4n) is 1.62. The van der Waals surface area contributed by atoms with Crippen molar-refractivity contribution in [3.05, 3.63) is 29.8 Å². The zero-order valence-electron chi connectivity index (χ0n) is 10.7. The van der Waals surface area contributed by atoms with E-state index in [0.717, 1.165) is 11.0 Å². The Kier molecular flexibility index (Phi) is 3.92. The largest absolute Gasteiger partial charge is 0.296 e. The fourth-order valence-corrected chi connectivity index (χ4v) is 1.62. The van der Waals surface area contributed by atoms with Crippen LogP contribution in [0.15, 0.2) is 24.3 Å². The molecule has 0 spiro atoms. The van der Waals surface area contributed by atoms with Gasteiger partial charge in [0.15, 0.2) is 0 Å². The summed E-state index contributed by atoms with van der Waals surface area (Å²) in [5.41, 5.74) is 2.85. The summed E-state index contributed by atoms with van der Waals surface area (Å²) in [5.74, 6) is 0.677. The van der Waals surface area contributed by atoms with Crippen LogP contribution in [-0.4, -0.2) is 20.6 Å². The number of benzene rings is 1. The number of rotatable bonds is 4. The molecular weight excluding hydrogens is 182 g/mol. The Morgan fingerprint density at radius 2 is 1.60 bits per heavy atom. The summed E-state index contributed by atoms with van der Waals surface area (Å²) in [5, 5.41) is 0. The van der Waals surface area contributed by atoms with Gasteiger partial charge in [-0.25, -0.2) is 0 Å². The van der Waals surface area contributed by atoms with Gasteiger partial charge in [0, 0.05) is 0 Å². The average molecular weight is 206 g/mol. The smallest absolute Gasteiger partial charge is 0.132 e. The zero-order valence-corrected chi connectivity index (χ0v) is 10.7. The lowest BCUT2D eigenvalue weighted by Gasteiger charge is -2.27. The average Bonchev–Trinajstić information content (AvgIpc) is 2.28. The van der Waals surface area contributed by atoms with E-state index in [4.69, 9.17) is 0 Å². The molecule has 0 saturated carbocycles. The van der Waals surface area contributed by atoms with Crippen LogP contribution < -0.4 is 4.48 Å². The van der Waals surface area contributed by atoms with Crippen molar-refractivity contribution in [3.63, 3.8) is 0 Å². The van der Waals surface area contributed by atoms with Crippen molar-refractivity contribution in [2.24, 2.45) is 0 Å². The zero-order chi connectivity index (χ0) is 11.5. The lowest BCUT2D eigenvalue weighted by molar-refractivity contribution is 0.420. The second kappa shape index (κ2) is 4.80. The first kappa shape index (κ1) is 12.3. The molecule has 0 fully saturated rings. The Morgan fingerprint density at radius 1 is 1.07 bits per heavy atom. The van der Waals surface area contributed by atoms with Crippen LogP contribution in [0.3, 0.4) is 0 Å². The van der Waals surface area contributed by atoms with E-state index in [1.165, 1.54) is 17.7 Å². The van der Waals surface area contributed by atoms with E-state index in [1.807, 2.05) is 0 Å². The van der Waals surface area contributed by atoms with Gasteiger partial charge in [-0.2, -0.15) is 0 Å². The molecule has 1 atom stereocenters. The maximum atomic E-state index is 2.29. The van der Waals surface area contributed by atoms with E-state index >= 15 is 0 Å². The van der Waals surface area contributed by atoms with E-state index in [-0.39, 0.29) is 0 Å². The topological polar surface area (TPSA) is 0 Å². The molecule has 0 aliphatic rings. The molecule has 0 bridgehead atoms. The highest BCUT2D eigenvalue weighted by Crippen LogP contribution is 2.24. The van der Waals surface area contributed by atoms with E-state index in [1.54, 1.807) is 0 Å². The molecule has 1 aromatic rings. The quantitative estimate of drug-likeness (QED) is 0.658. The number of nitrogens with zero attached hydrogens (tertiary/aromatic N) is 1. The van der Waals surface area contributed by atoms with Crippen LogP contribution in [0.25, 0.3) is 0 Å². The lowest BCUT2D eigenvalue weighted by atomic mass is 9.98. The molecular formula is C14H24N+. The summed E-state index contributed by atoms with van der Waals surface area (Å²) >= 11 is 0. The van der Waals surface area contributed by atoms with Gasteiger partial charge in [-0.1, -0.05) is 26.0 Å². The molecule has 1 nitrogen and oxygen atoms in total. The van der Waals surface area contributed by atoms with Crippen molar-refractivity contribution in [2.75, 3.05) is 20.6 Å². The minimum atomic E-state index is 0.677. The summed E-state index contributed by atoms with van der Waals surface area (Å²) in [6.07, 6.45) is 1.21. The van der Waals surface area contributed by atoms with Gasteiger partial charge in [0.25, 0.3) is 0 Å². The third kappa shape index (κ3) is 2.82. The Labute approximate surface area is 94.3 Å². The van der Waals surface area contributed by atoms with Crippen LogP contribution in [0, 0.1) is 0 Å². The number of hydrogen-bond donors (Lipinski definition) is 0. The normalized spacial score (nSPS) is 13.9. The van der Waals surface area contributed by atoms with Crippen LogP contribution >= 0.6 is 0 Å². The molecule has 0 aliphatic carbocycles. The second-order valence-corrected chi connectivity index (χ2v) is 4.90. The van der Waals surface area contributed by atoms with Gasteiger partial charge < -0.3 is 0 Å². The van der Waals surface area contributed by atoms with Crippen LogP contribution in [0.4, 0.5) is 5.69 Å². The van der Waals surface area contributed by atoms with Crippen molar-refractivity contribution in [2.45, 2.75) is 33.1 Å². The van der Waals surface area contributed by atoms with Crippen molar-refractivity contribution >= 4 is 5.69 Å². The Bertz CT molecular complexity index is 298. The molecule has 1 heteroatoms. The second-order valence-electron chi connectivity index (χ2n) is 4.90. The minimum Gasteiger partial charge on any atom is -0.296 e. The van der Waals surface area contributed by atoms with E-state index in [2.05, 4.69) is 59.1 Å². The predicted octanol–water partition coefficient (Wildman–Crippen LogP) is 3.79. The molecule has 84 valence electrons. The van der Waals surface area contributed by atoms with E-state index in [0.29, 0.717) is 5.92 Å². The van der Waals surface area contributed by atoms with Gasteiger partial charge >= 0.3 is 0 Å². The first-order valence-corrected chi connectivity index (χ1v) is 5.94. The van der Waals surface area contributed by atoms with Crippen molar-refractivity contribution in [1.82, 2.24) is 4.48 Å². The fraction of sp³-hybridized carbons (Fsp3) is 0.571. The van der Waals surface area contributed by atoms with Crippen molar-refractivity contribution < 1.29 is 0 Å². The SMILES string of the molecule is CCC(C)c1ccc([N+](C)(C)CC)cc1. The van der Waals surface area contributed by atoms with Gasteiger partial charge in [-0.3, -0.25) is 4.48 Å². The van der Waals surface area contributed by atoms with Crippen molar-refractivity contribution in [3.8, 4) is 0 Å². The Balaban J connectivity index is 2.90. The number of hydrogen-bond acceptors (Lipinski definition) is 0. The summed E-state index contributed by atoms with van der Waals surface area (Å²) in [4.78, 5) is 0. The van der Waals surface area contributed by atoms with Crippen LogP contribution in [0.5, 0.6) is 0 Å². The van der Waals surface area contributed by atoms with Gasteiger partial charge in [-0.15, -0.1) is 0 Å². The van der Waals surface area contributed by atoms with Crippen LogP contribution in [0.2, 0.25) is 0 Å². The van der Waals surface area contributed by atoms with Crippen LogP contribution in [-0.2, 0) is 0 Å².